The monoisotopic (exact) mass is 283 g/mol. The zero-order chi connectivity index (χ0) is 14.7. The molecule has 1 aliphatic carbocycles. The van der Waals surface area contributed by atoms with Crippen LogP contribution in [-0.2, 0) is 9.53 Å². The van der Waals surface area contributed by atoms with Crippen molar-refractivity contribution < 1.29 is 23.6 Å². The molecule has 0 spiro atoms. The lowest BCUT2D eigenvalue weighted by atomic mass is 9.90. The Morgan fingerprint density at radius 1 is 1.50 bits per heavy atom. The summed E-state index contributed by atoms with van der Waals surface area (Å²) in [7, 11) is 0. The molecule has 20 heavy (non-hydrogen) atoms. The van der Waals surface area contributed by atoms with Gasteiger partial charge in [-0.2, -0.15) is 4.39 Å². The van der Waals surface area contributed by atoms with Gasteiger partial charge in [-0.3, -0.25) is 14.9 Å². The first-order chi connectivity index (χ1) is 9.52. The molecule has 0 N–H and O–H groups in total. The first kappa shape index (κ1) is 14.4. The second-order valence-corrected chi connectivity index (χ2v) is 4.49. The molecular formula is C13H14FNO5. The maximum absolute atomic E-state index is 13.4. The van der Waals surface area contributed by atoms with Crippen LogP contribution in [0.1, 0.15) is 19.8 Å². The zero-order valence-corrected chi connectivity index (χ0v) is 10.9. The van der Waals surface area contributed by atoms with Gasteiger partial charge in [-0.15, -0.1) is 0 Å². The lowest BCUT2D eigenvalue weighted by molar-refractivity contribution is -0.387. The quantitative estimate of drug-likeness (QED) is 0.591. The van der Waals surface area contributed by atoms with Crippen LogP contribution in [0.2, 0.25) is 0 Å². The molecule has 0 heterocycles. The van der Waals surface area contributed by atoms with E-state index < -0.39 is 28.6 Å². The number of carbonyl (C=O) groups is 1. The lowest BCUT2D eigenvalue weighted by Crippen LogP contribution is -2.52. The fourth-order valence-electron chi connectivity index (χ4n) is 1.90. The van der Waals surface area contributed by atoms with E-state index >= 15 is 0 Å². The van der Waals surface area contributed by atoms with Crippen LogP contribution in [0.15, 0.2) is 18.2 Å². The minimum absolute atomic E-state index is 0.0502. The molecule has 1 aromatic rings. The van der Waals surface area contributed by atoms with Gasteiger partial charge in [0.15, 0.2) is 11.9 Å². The molecular weight excluding hydrogens is 269 g/mol. The van der Waals surface area contributed by atoms with Gasteiger partial charge in [0.2, 0.25) is 5.82 Å². The molecule has 0 aromatic heterocycles. The van der Waals surface area contributed by atoms with E-state index in [1.54, 1.807) is 0 Å². The number of nitro benzene ring substituents is 1. The number of hydrogen-bond acceptors (Lipinski definition) is 5. The van der Waals surface area contributed by atoms with E-state index in [0.29, 0.717) is 6.61 Å². The average Bonchev–Trinajstić information content (AvgIpc) is 2.38. The second kappa shape index (κ2) is 5.96. The molecule has 2 atom stereocenters. The number of Topliss-reactive ketones (excluding diaryl/α,β-unsaturated/α-hetero) is 1. The van der Waals surface area contributed by atoms with Crippen LogP contribution in [0.4, 0.5) is 10.1 Å². The molecule has 1 fully saturated rings. The predicted molar refractivity (Wildman–Crippen MR) is 67.1 cm³/mol. The highest BCUT2D eigenvalue weighted by Crippen LogP contribution is 2.28. The van der Waals surface area contributed by atoms with Gasteiger partial charge in [-0.05, 0) is 12.5 Å². The van der Waals surface area contributed by atoms with Crippen molar-refractivity contribution in [2.24, 2.45) is 0 Å². The van der Waals surface area contributed by atoms with Crippen LogP contribution in [0.3, 0.4) is 0 Å². The summed E-state index contributed by atoms with van der Waals surface area (Å²) in [5.74, 6) is -0.870. The standard InChI is InChI=1S/C13H14FNO5/c1-2-5-19-13-11(16)7-12(13)20-8-3-4-10(15(17)18)9(14)6-8/h3-4,6,12-13H,2,5,7H2,1H3. The molecule has 7 heteroatoms. The summed E-state index contributed by atoms with van der Waals surface area (Å²) in [6.45, 7) is 2.37. The summed E-state index contributed by atoms with van der Waals surface area (Å²) in [6.07, 6.45) is -0.113. The topological polar surface area (TPSA) is 78.7 Å². The first-order valence-electron chi connectivity index (χ1n) is 6.28. The highest BCUT2D eigenvalue weighted by atomic mass is 19.1. The number of nitro groups is 1. The fourth-order valence-corrected chi connectivity index (χ4v) is 1.90. The van der Waals surface area contributed by atoms with Gasteiger partial charge in [0.25, 0.3) is 0 Å². The molecule has 2 rings (SSSR count). The van der Waals surface area contributed by atoms with Crippen molar-refractivity contribution >= 4 is 11.5 Å². The van der Waals surface area contributed by atoms with Crippen LogP contribution in [0.25, 0.3) is 0 Å². The third kappa shape index (κ3) is 2.93. The average molecular weight is 283 g/mol. The van der Waals surface area contributed by atoms with Crippen molar-refractivity contribution in [1.82, 2.24) is 0 Å². The van der Waals surface area contributed by atoms with Crippen molar-refractivity contribution in [1.29, 1.82) is 0 Å². The molecule has 6 nitrogen and oxygen atoms in total. The smallest absolute Gasteiger partial charge is 0.305 e. The Morgan fingerprint density at radius 3 is 2.80 bits per heavy atom. The van der Waals surface area contributed by atoms with Gasteiger partial charge in [0, 0.05) is 25.2 Å². The number of hydrogen-bond donors (Lipinski definition) is 0. The summed E-state index contributed by atoms with van der Waals surface area (Å²) in [5.41, 5.74) is -0.610. The number of halogens is 1. The van der Waals surface area contributed by atoms with E-state index in [9.17, 15) is 19.3 Å². The normalized spacial score (nSPS) is 21.4. The SMILES string of the molecule is CCCOC1C(=O)CC1Oc1ccc([N+](=O)[O-])c(F)c1. The van der Waals surface area contributed by atoms with Crippen molar-refractivity contribution in [3.05, 3.63) is 34.1 Å². The van der Waals surface area contributed by atoms with Gasteiger partial charge < -0.3 is 9.47 Å². The van der Waals surface area contributed by atoms with Gasteiger partial charge in [-0.25, -0.2) is 0 Å². The summed E-state index contributed by atoms with van der Waals surface area (Å²) in [4.78, 5) is 21.1. The molecule has 1 aromatic carbocycles. The number of ether oxygens (including phenoxy) is 2. The highest BCUT2D eigenvalue weighted by Gasteiger charge is 2.42. The number of benzene rings is 1. The molecule has 1 aliphatic rings. The number of ketones is 1. The van der Waals surface area contributed by atoms with Crippen molar-refractivity contribution in [3.8, 4) is 5.75 Å². The number of nitrogens with zero attached hydrogens (tertiary/aromatic N) is 1. The maximum Gasteiger partial charge on any atom is 0.305 e. The molecule has 2 unspecified atom stereocenters. The third-order valence-corrected chi connectivity index (χ3v) is 2.96. The predicted octanol–water partition coefficient (Wildman–Crippen LogP) is 2.25. The van der Waals surface area contributed by atoms with Gasteiger partial charge >= 0.3 is 5.69 Å². The minimum Gasteiger partial charge on any atom is -0.487 e. The van der Waals surface area contributed by atoms with Crippen LogP contribution in [0.5, 0.6) is 5.75 Å². The Hall–Kier alpha value is -2.02. The largest absolute Gasteiger partial charge is 0.487 e. The van der Waals surface area contributed by atoms with Gasteiger partial charge in [-0.1, -0.05) is 6.92 Å². The van der Waals surface area contributed by atoms with E-state index in [1.807, 2.05) is 6.92 Å². The van der Waals surface area contributed by atoms with Crippen LogP contribution in [-0.4, -0.2) is 29.5 Å². The molecule has 1 saturated carbocycles. The summed E-state index contributed by atoms with van der Waals surface area (Å²) < 4.78 is 24.2. The first-order valence-corrected chi connectivity index (χ1v) is 6.28. The summed E-state index contributed by atoms with van der Waals surface area (Å²) >= 11 is 0. The van der Waals surface area contributed by atoms with Crippen molar-refractivity contribution in [2.45, 2.75) is 32.0 Å². The van der Waals surface area contributed by atoms with Gasteiger partial charge in [0.1, 0.15) is 11.9 Å². The summed E-state index contributed by atoms with van der Waals surface area (Å²) in [5, 5.41) is 10.5. The number of carbonyl (C=O) groups excluding carboxylic acids is 1. The molecule has 108 valence electrons. The van der Waals surface area contributed by atoms with Crippen LogP contribution >= 0.6 is 0 Å². The molecule has 0 amide bonds. The second-order valence-electron chi connectivity index (χ2n) is 4.49. The molecule has 0 aliphatic heterocycles. The molecule has 0 bridgehead atoms. The Balaban J connectivity index is 2.01. The maximum atomic E-state index is 13.4. The number of rotatable bonds is 6. The molecule has 0 radical (unpaired) electrons. The lowest BCUT2D eigenvalue weighted by Gasteiger charge is -2.34. The Kier molecular flexibility index (Phi) is 4.29. The van der Waals surface area contributed by atoms with E-state index in [0.717, 1.165) is 18.6 Å². The zero-order valence-electron chi connectivity index (χ0n) is 10.9. The van der Waals surface area contributed by atoms with Gasteiger partial charge in [0.05, 0.1) is 4.92 Å². The van der Waals surface area contributed by atoms with E-state index in [1.165, 1.54) is 6.07 Å². The highest BCUT2D eigenvalue weighted by molar-refractivity contribution is 5.90. The third-order valence-electron chi connectivity index (χ3n) is 2.96. The minimum atomic E-state index is -0.968. The van der Waals surface area contributed by atoms with E-state index in [-0.39, 0.29) is 18.0 Å². The Bertz CT molecular complexity index is 533. The molecule has 0 saturated heterocycles. The van der Waals surface area contributed by atoms with E-state index in [4.69, 9.17) is 9.47 Å². The Labute approximate surface area is 114 Å². The van der Waals surface area contributed by atoms with Crippen LogP contribution < -0.4 is 4.74 Å². The fraction of sp³-hybridized carbons (Fsp3) is 0.462. The van der Waals surface area contributed by atoms with Crippen molar-refractivity contribution in [2.75, 3.05) is 6.61 Å². The summed E-state index contributed by atoms with van der Waals surface area (Å²) in [6, 6.07) is 3.28. The van der Waals surface area contributed by atoms with Crippen molar-refractivity contribution in [3.63, 3.8) is 0 Å². The van der Waals surface area contributed by atoms with E-state index in [2.05, 4.69) is 0 Å². The Morgan fingerprint density at radius 2 is 2.25 bits per heavy atom. The van der Waals surface area contributed by atoms with Crippen LogP contribution in [0, 0.1) is 15.9 Å².